The summed E-state index contributed by atoms with van der Waals surface area (Å²) in [5.74, 6) is -1.03. The molecule has 0 spiro atoms. The topological polar surface area (TPSA) is 78.9 Å². The van der Waals surface area contributed by atoms with Crippen LogP contribution in [0.25, 0.3) is 0 Å². The molecule has 0 rings (SSSR count). The van der Waals surface area contributed by atoms with Crippen LogP contribution in [0.3, 0.4) is 0 Å². The van der Waals surface area contributed by atoms with Crippen molar-refractivity contribution in [3.8, 4) is 0 Å². The fourth-order valence-corrected chi connectivity index (χ4v) is 1.25. The first kappa shape index (κ1) is 17.4. The Labute approximate surface area is 113 Å². The van der Waals surface area contributed by atoms with Crippen molar-refractivity contribution in [3.63, 3.8) is 0 Å². The number of carbonyl (C=O) groups is 3. The van der Waals surface area contributed by atoms with E-state index in [0.29, 0.717) is 19.3 Å². The van der Waals surface area contributed by atoms with Gasteiger partial charge in [0, 0.05) is 19.8 Å². The monoisotopic (exact) mass is 274 g/mol. The van der Waals surface area contributed by atoms with Crippen LogP contribution < -0.4 is 0 Å². The highest BCUT2D eigenvalue weighted by Crippen LogP contribution is 2.06. The zero-order chi connectivity index (χ0) is 14.7. The molecule has 0 aromatic carbocycles. The quantitative estimate of drug-likeness (QED) is 0.361. The molecule has 6 nitrogen and oxygen atoms in total. The van der Waals surface area contributed by atoms with Crippen molar-refractivity contribution < 1.29 is 28.6 Å². The van der Waals surface area contributed by atoms with Crippen LogP contribution in [0.1, 0.15) is 46.5 Å². The van der Waals surface area contributed by atoms with E-state index in [0.717, 1.165) is 0 Å². The molecule has 0 N–H and O–H groups in total. The van der Waals surface area contributed by atoms with Crippen molar-refractivity contribution in [2.75, 3.05) is 13.2 Å². The molecule has 6 heteroatoms. The average molecular weight is 274 g/mol. The Hall–Kier alpha value is -1.59. The fourth-order valence-electron chi connectivity index (χ4n) is 1.25. The summed E-state index contributed by atoms with van der Waals surface area (Å²) < 4.78 is 14.9. The molecule has 0 aliphatic heterocycles. The van der Waals surface area contributed by atoms with Gasteiger partial charge < -0.3 is 14.2 Å². The summed E-state index contributed by atoms with van der Waals surface area (Å²) in [4.78, 5) is 32.9. The van der Waals surface area contributed by atoms with E-state index in [1.165, 1.54) is 6.92 Å². The molecular formula is C13H22O6. The summed E-state index contributed by atoms with van der Waals surface area (Å²) in [5.41, 5.74) is 0. The van der Waals surface area contributed by atoms with Gasteiger partial charge in [-0.2, -0.15) is 0 Å². The molecule has 0 fully saturated rings. The van der Waals surface area contributed by atoms with Crippen molar-refractivity contribution in [2.45, 2.75) is 52.6 Å². The molecule has 0 aliphatic carbocycles. The van der Waals surface area contributed by atoms with Crippen molar-refractivity contribution in [1.82, 2.24) is 0 Å². The minimum Gasteiger partial charge on any atom is -0.466 e. The summed E-state index contributed by atoms with van der Waals surface area (Å²) in [5, 5.41) is 0. The molecule has 0 aromatic heterocycles. The fraction of sp³-hybridized carbons (Fsp3) is 0.769. The molecule has 110 valence electrons. The van der Waals surface area contributed by atoms with Crippen LogP contribution in [0.5, 0.6) is 0 Å². The second kappa shape index (κ2) is 10.3. The van der Waals surface area contributed by atoms with Crippen LogP contribution in [-0.2, 0) is 28.6 Å². The summed E-state index contributed by atoms with van der Waals surface area (Å²) in [6, 6.07) is 0. The molecule has 0 saturated heterocycles. The third-order valence-electron chi connectivity index (χ3n) is 2.28. The Morgan fingerprint density at radius 3 is 2.16 bits per heavy atom. The number of carbonyl (C=O) groups excluding carboxylic acids is 3. The summed E-state index contributed by atoms with van der Waals surface area (Å²) in [6.07, 6.45) is 1.14. The summed E-state index contributed by atoms with van der Waals surface area (Å²) >= 11 is 0. The molecule has 0 aliphatic rings. The minimum absolute atomic E-state index is 0.0306. The summed E-state index contributed by atoms with van der Waals surface area (Å²) in [7, 11) is 0. The second-order valence-corrected chi connectivity index (χ2v) is 3.98. The van der Waals surface area contributed by atoms with Crippen LogP contribution in [0.2, 0.25) is 0 Å². The molecule has 0 aromatic rings. The van der Waals surface area contributed by atoms with Crippen molar-refractivity contribution in [1.29, 1.82) is 0 Å². The Morgan fingerprint density at radius 2 is 1.63 bits per heavy atom. The normalized spacial score (nSPS) is 11.5. The van der Waals surface area contributed by atoms with E-state index < -0.39 is 12.1 Å². The first-order chi connectivity index (χ1) is 8.99. The lowest BCUT2D eigenvalue weighted by atomic mass is 10.2. The van der Waals surface area contributed by atoms with Gasteiger partial charge >= 0.3 is 17.9 Å². The lowest BCUT2D eigenvalue weighted by Gasteiger charge is -2.17. The standard InChI is InChI=1S/C13H22O6/c1-4-12(15)17-8-6-7-11(9-18-10(3)14)19-13(16)5-2/h11H,4-9H2,1-3H3. The van der Waals surface area contributed by atoms with Crippen LogP contribution in [-0.4, -0.2) is 37.2 Å². The van der Waals surface area contributed by atoms with Gasteiger partial charge in [-0.05, 0) is 12.8 Å². The Balaban J connectivity index is 3.99. The van der Waals surface area contributed by atoms with Crippen LogP contribution in [0.15, 0.2) is 0 Å². The van der Waals surface area contributed by atoms with Gasteiger partial charge in [-0.3, -0.25) is 14.4 Å². The molecule has 0 amide bonds. The third-order valence-corrected chi connectivity index (χ3v) is 2.28. The second-order valence-electron chi connectivity index (χ2n) is 3.98. The van der Waals surface area contributed by atoms with Crippen LogP contribution >= 0.6 is 0 Å². The van der Waals surface area contributed by atoms with Gasteiger partial charge in [-0.25, -0.2) is 0 Å². The van der Waals surface area contributed by atoms with E-state index in [9.17, 15) is 14.4 Å². The SMILES string of the molecule is CCC(=O)OCCCC(COC(C)=O)OC(=O)CC. The highest BCUT2D eigenvalue weighted by molar-refractivity contribution is 5.69. The lowest BCUT2D eigenvalue weighted by Crippen LogP contribution is -2.25. The number of hydrogen-bond donors (Lipinski definition) is 0. The Kier molecular flexibility index (Phi) is 9.48. The first-order valence-corrected chi connectivity index (χ1v) is 6.48. The molecule has 19 heavy (non-hydrogen) atoms. The van der Waals surface area contributed by atoms with E-state index in [4.69, 9.17) is 14.2 Å². The molecule has 0 heterocycles. The lowest BCUT2D eigenvalue weighted by molar-refractivity contribution is -0.158. The van der Waals surface area contributed by atoms with Gasteiger partial charge in [-0.15, -0.1) is 0 Å². The maximum atomic E-state index is 11.2. The number of hydrogen-bond acceptors (Lipinski definition) is 6. The van der Waals surface area contributed by atoms with E-state index >= 15 is 0 Å². The molecule has 1 atom stereocenters. The van der Waals surface area contributed by atoms with Gasteiger partial charge in [0.05, 0.1) is 6.61 Å². The van der Waals surface area contributed by atoms with Crippen molar-refractivity contribution >= 4 is 17.9 Å². The molecule has 0 radical (unpaired) electrons. The Morgan fingerprint density at radius 1 is 1.00 bits per heavy atom. The predicted octanol–water partition coefficient (Wildman–Crippen LogP) is 1.60. The van der Waals surface area contributed by atoms with Gasteiger partial charge in [0.25, 0.3) is 0 Å². The number of rotatable bonds is 9. The highest BCUT2D eigenvalue weighted by Gasteiger charge is 2.15. The molecule has 0 bridgehead atoms. The highest BCUT2D eigenvalue weighted by atomic mass is 16.6. The van der Waals surface area contributed by atoms with Crippen LogP contribution in [0, 0.1) is 0 Å². The largest absolute Gasteiger partial charge is 0.466 e. The van der Waals surface area contributed by atoms with Gasteiger partial charge in [0.1, 0.15) is 12.7 Å². The van der Waals surface area contributed by atoms with Crippen LogP contribution in [0.4, 0.5) is 0 Å². The average Bonchev–Trinajstić information content (AvgIpc) is 2.39. The van der Waals surface area contributed by atoms with Gasteiger partial charge in [0.15, 0.2) is 0 Å². The van der Waals surface area contributed by atoms with E-state index in [1.807, 2.05) is 0 Å². The smallest absolute Gasteiger partial charge is 0.305 e. The molecular weight excluding hydrogens is 252 g/mol. The number of esters is 3. The van der Waals surface area contributed by atoms with Crippen molar-refractivity contribution in [2.24, 2.45) is 0 Å². The zero-order valence-electron chi connectivity index (χ0n) is 11.8. The molecule has 0 saturated carbocycles. The third kappa shape index (κ3) is 10.1. The summed E-state index contributed by atoms with van der Waals surface area (Å²) in [6.45, 7) is 5.00. The van der Waals surface area contributed by atoms with E-state index in [1.54, 1.807) is 13.8 Å². The number of ether oxygens (including phenoxy) is 3. The van der Waals surface area contributed by atoms with E-state index in [-0.39, 0.29) is 31.6 Å². The maximum Gasteiger partial charge on any atom is 0.305 e. The first-order valence-electron chi connectivity index (χ1n) is 6.48. The Bertz CT molecular complexity index is 300. The van der Waals surface area contributed by atoms with E-state index in [2.05, 4.69) is 0 Å². The van der Waals surface area contributed by atoms with Gasteiger partial charge in [-0.1, -0.05) is 13.8 Å². The maximum absolute atomic E-state index is 11.2. The zero-order valence-corrected chi connectivity index (χ0v) is 11.8. The minimum atomic E-state index is -0.489. The van der Waals surface area contributed by atoms with Gasteiger partial charge in [0.2, 0.25) is 0 Å². The predicted molar refractivity (Wildman–Crippen MR) is 67.3 cm³/mol. The molecule has 1 unspecified atom stereocenters. The van der Waals surface area contributed by atoms with Crippen molar-refractivity contribution in [3.05, 3.63) is 0 Å².